The van der Waals surface area contributed by atoms with Crippen LogP contribution in [0.15, 0.2) is 58.7 Å². The standard InChI is InChI=1S/C24H25Cl3N4O2/c1-24(2,3)33-23(32)28-8-9-31-20-7-4-14(25)10-17(20)16-6-5-15(11-21(16)31)30-22-12-18(26)19(27)13-29-22/h4-7,10-13,22,29-30H,8-9H2,1-3H3,(H,28,32). The third-order valence-electron chi connectivity index (χ3n) is 5.08. The lowest BCUT2D eigenvalue weighted by Crippen LogP contribution is -2.34. The number of carbonyl (C=O) groups is 1. The third-order valence-corrected chi connectivity index (χ3v) is 6.06. The molecule has 4 rings (SSSR count). The molecule has 1 aromatic heterocycles. The Kier molecular flexibility index (Phi) is 6.71. The Morgan fingerprint density at radius 1 is 1.06 bits per heavy atom. The van der Waals surface area contributed by atoms with Crippen LogP contribution in [-0.4, -0.2) is 29.0 Å². The van der Waals surface area contributed by atoms with Crippen molar-refractivity contribution in [2.75, 3.05) is 11.9 Å². The number of anilines is 1. The Bertz CT molecular complexity index is 1270. The van der Waals surface area contributed by atoms with E-state index in [0.29, 0.717) is 28.2 Å². The first-order valence-electron chi connectivity index (χ1n) is 10.5. The van der Waals surface area contributed by atoms with E-state index < -0.39 is 11.7 Å². The maximum absolute atomic E-state index is 12.1. The van der Waals surface area contributed by atoms with Crippen LogP contribution in [0.3, 0.4) is 0 Å². The van der Waals surface area contributed by atoms with Gasteiger partial charge in [0.15, 0.2) is 0 Å². The average molecular weight is 508 g/mol. The van der Waals surface area contributed by atoms with E-state index in [4.69, 9.17) is 39.5 Å². The topological polar surface area (TPSA) is 67.3 Å². The predicted molar refractivity (Wildman–Crippen MR) is 137 cm³/mol. The molecule has 0 spiro atoms. The van der Waals surface area contributed by atoms with Gasteiger partial charge in [0.25, 0.3) is 0 Å². The SMILES string of the molecule is CC(C)(C)OC(=O)NCCn1c2ccc(Cl)cc2c2ccc(NC3C=C(Cl)C(Cl)=CN3)cc21. The number of ether oxygens (including phenoxy) is 1. The zero-order valence-electron chi connectivity index (χ0n) is 18.5. The Hall–Kier alpha value is -2.54. The maximum atomic E-state index is 12.1. The molecule has 1 amide bonds. The van der Waals surface area contributed by atoms with Crippen LogP contribution in [0.5, 0.6) is 0 Å². The molecule has 1 aliphatic heterocycles. The van der Waals surface area contributed by atoms with E-state index in [1.165, 1.54) is 0 Å². The molecule has 3 aromatic rings. The number of fused-ring (bicyclic) bond motifs is 3. The van der Waals surface area contributed by atoms with Gasteiger partial charge < -0.3 is 25.3 Å². The van der Waals surface area contributed by atoms with E-state index in [0.717, 1.165) is 27.5 Å². The monoisotopic (exact) mass is 506 g/mol. The second-order valence-corrected chi connectivity index (χ2v) is 10.0. The quantitative estimate of drug-likeness (QED) is 0.368. The Morgan fingerprint density at radius 2 is 1.85 bits per heavy atom. The van der Waals surface area contributed by atoms with Gasteiger partial charge in [-0.1, -0.05) is 40.9 Å². The van der Waals surface area contributed by atoms with Gasteiger partial charge in [-0.3, -0.25) is 0 Å². The lowest BCUT2D eigenvalue weighted by atomic mass is 10.1. The molecule has 0 saturated carbocycles. The van der Waals surface area contributed by atoms with Gasteiger partial charge in [0.05, 0.1) is 15.6 Å². The molecule has 6 nitrogen and oxygen atoms in total. The summed E-state index contributed by atoms with van der Waals surface area (Å²) in [4.78, 5) is 12.1. The highest BCUT2D eigenvalue weighted by molar-refractivity contribution is 6.44. The van der Waals surface area contributed by atoms with Gasteiger partial charge in [0.2, 0.25) is 0 Å². The Morgan fingerprint density at radius 3 is 2.58 bits per heavy atom. The normalized spacial score (nSPS) is 16.2. The van der Waals surface area contributed by atoms with Gasteiger partial charge in [-0.15, -0.1) is 0 Å². The van der Waals surface area contributed by atoms with Crippen molar-refractivity contribution in [3.05, 3.63) is 63.8 Å². The fraction of sp³-hybridized carbons (Fsp3) is 0.292. The van der Waals surface area contributed by atoms with Gasteiger partial charge in [-0.05, 0) is 57.2 Å². The predicted octanol–water partition coefficient (Wildman–Crippen LogP) is 6.52. The molecule has 3 N–H and O–H groups in total. The number of amides is 1. The summed E-state index contributed by atoms with van der Waals surface area (Å²) in [5, 5.41) is 13.2. The van der Waals surface area contributed by atoms with Crippen LogP contribution in [0, 0.1) is 0 Å². The number of carbonyl (C=O) groups excluding carboxylic acids is 1. The number of alkyl carbamates (subject to hydrolysis) is 1. The summed E-state index contributed by atoms with van der Waals surface area (Å²) in [6.45, 7) is 6.50. The summed E-state index contributed by atoms with van der Waals surface area (Å²) in [7, 11) is 0. The zero-order chi connectivity index (χ0) is 23.8. The Labute approximate surface area is 207 Å². The molecule has 9 heteroatoms. The summed E-state index contributed by atoms with van der Waals surface area (Å²) < 4.78 is 7.51. The second-order valence-electron chi connectivity index (χ2n) is 8.77. The lowest BCUT2D eigenvalue weighted by molar-refractivity contribution is 0.0526. The molecule has 0 aliphatic carbocycles. The highest BCUT2D eigenvalue weighted by Crippen LogP contribution is 2.33. The van der Waals surface area contributed by atoms with Gasteiger partial charge in [-0.2, -0.15) is 0 Å². The summed E-state index contributed by atoms with van der Waals surface area (Å²) in [5.74, 6) is 0. The zero-order valence-corrected chi connectivity index (χ0v) is 20.8. The van der Waals surface area contributed by atoms with E-state index in [1.807, 2.05) is 51.1 Å². The van der Waals surface area contributed by atoms with Gasteiger partial charge in [-0.25, -0.2) is 4.79 Å². The number of hydrogen-bond donors (Lipinski definition) is 3. The van der Waals surface area contributed by atoms with Crippen LogP contribution in [0.2, 0.25) is 5.02 Å². The highest BCUT2D eigenvalue weighted by Gasteiger charge is 2.17. The fourth-order valence-corrected chi connectivity index (χ4v) is 4.23. The number of benzene rings is 2. The highest BCUT2D eigenvalue weighted by atomic mass is 35.5. The van der Waals surface area contributed by atoms with Crippen molar-refractivity contribution in [3.8, 4) is 0 Å². The van der Waals surface area contributed by atoms with Crippen LogP contribution in [0.1, 0.15) is 20.8 Å². The number of nitrogens with zero attached hydrogens (tertiary/aromatic N) is 1. The van der Waals surface area contributed by atoms with E-state index in [-0.39, 0.29) is 6.17 Å². The number of allylic oxidation sites excluding steroid dienone is 2. The van der Waals surface area contributed by atoms with Crippen LogP contribution in [0.25, 0.3) is 21.8 Å². The molecular weight excluding hydrogens is 483 g/mol. The average Bonchev–Trinajstić information content (AvgIpc) is 3.02. The summed E-state index contributed by atoms with van der Waals surface area (Å²) >= 11 is 18.5. The van der Waals surface area contributed by atoms with Crippen molar-refractivity contribution in [1.82, 2.24) is 15.2 Å². The molecule has 1 aliphatic rings. The summed E-state index contributed by atoms with van der Waals surface area (Å²) in [6, 6.07) is 12.0. The van der Waals surface area contributed by atoms with Crippen LogP contribution >= 0.6 is 34.8 Å². The van der Waals surface area contributed by atoms with E-state index in [1.54, 1.807) is 6.20 Å². The number of hydrogen-bond acceptors (Lipinski definition) is 4. The molecule has 33 heavy (non-hydrogen) atoms. The number of rotatable bonds is 5. The third kappa shape index (κ3) is 5.52. The van der Waals surface area contributed by atoms with Crippen LogP contribution in [-0.2, 0) is 11.3 Å². The summed E-state index contributed by atoms with van der Waals surface area (Å²) in [6.07, 6.45) is 2.85. The molecule has 174 valence electrons. The molecule has 1 atom stereocenters. The second kappa shape index (κ2) is 9.37. The fourth-order valence-electron chi connectivity index (χ4n) is 3.76. The van der Waals surface area contributed by atoms with Gasteiger partial charge >= 0.3 is 6.09 Å². The van der Waals surface area contributed by atoms with Gasteiger partial charge in [0, 0.05) is 46.3 Å². The molecule has 0 bridgehead atoms. The van der Waals surface area contributed by atoms with E-state index in [9.17, 15) is 4.79 Å². The molecule has 0 saturated heterocycles. The van der Waals surface area contributed by atoms with Crippen molar-refractivity contribution in [2.45, 2.75) is 39.1 Å². The molecule has 2 aromatic carbocycles. The van der Waals surface area contributed by atoms with E-state index in [2.05, 4.69) is 32.7 Å². The largest absolute Gasteiger partial charge is 0.444 e. The number of nitrogens with one attached hydrogen (secondary N) is 3. The first-order valence-corrected chi connectivity index (χ1v) is 11.7. The maximum Gasteiger partial charge on any atom is 0.407 e. The van der Waals surface area contributed by atoms with Crippen molar-refractivity contribution < 1.29 is 9.53 Å². The first kappa shape index (κ1) is 23.6. The molecule has 1 unspecified atom stereocenters. The van der Waals surface area contributed by atoms with Crippen molar-refractivity contribution in [1.29, 1.82) is 0 Å². The van der Waals surface area contributed by atoms with Gasteiger partial charge in [0.1, 0.15) is 11.8 Å². The summed E-state index contributed by atoms with van der Waals surface area (Å²) in [5.41, 5.74) is 2.41. The van der Waals surface area contributed by atoms with Crippen molar-refractivity contribution >= 4 is 68.4 Å². The van der Waals surface area contributed by atoms with Crippen molar-refractivity contribution in [3.63, 3.8) is 0 Å². The lowest BCUT2D eigenvalue weighted by Gasteiger charge is -2.21. The van der Waals surface area contributed by atoms with Crippen LogP contribution < -0.4 is 16.0 Å². The number of aromatic nitrogens is 1. The molecule has 0 radical (unpaired) electrons. The molecular formula is C24H25Cl3N4O2. The van der Waals surface area contributed by atoms with E-state index >= 15 is 0 Å². The first-order chi connectivity index (χ1) is 15.6. The van der Waals surface area contributed by atoms with Crippen molar-refractivity contribution in [2.24, 2.45) is 0 Å². The molecule has 2 heterocycles. The van der Waals surface area contributed by atoms with Crippen LogP contribution in [0.4, 0.5) is 10.5 Å². The minimum absolute atomic E-state index is 0.196. The number of halogens is 3. The minimum atomic E-state index is -0.543. The minimum Gasteiger partial charge on any atom is -0.444 e. The number of dihydropyridines is 1. The molecule has 0 fully saturated rings. The smallest absolute Gasteiger partial charge is 0.407 e. The Balaban J connectivity index is 1.62.